The highest BCUT2D eigenvalue weighted by molar-refractivity contribution is 8.15. The second-order valence-corrected chi connectivity index (χ2v) is 6.26. The minimum atomic E-state index is -0.423. The number of thioether (sulfide) groups is 1. The van der Waals surface area contributed by atoms with Gasteiger partial charge in [0, 0.05) is 19.5 Å². The van der Waals surface area contributed by atoms with Gasteiger partial charge >= 0.3 is 0 Å². The number of nitrogens with one attached hydrogen (secondary N) is 1. The number of nitrogens with zero attached hydrogens (tertiary/aromatic N) is 2. The van der Waals surface area contributed by atoms with Crippen molar-refractivity contribution in [3.8, 4) is 0 Å². The number of benzene rings is 1. The molecule has 1 unspecified atom stereocenters. The molecule has 1 heterocycles. The molecule has 1 saturated heterocycles. The van der Waals surface area contributed by atoms with Crippen LogP contribution in [0.3, 0.4) is 0 Å². The monoisotopic (exact) mass is 339 g/mol. The highest BCUT2D eigenvalue weighted by atomic mass is 35.5. The summed E-state index contributed by atoms with van der Waals surface area (Å²) in [5.41, 5.74) is 0.555. The number of carbonyl (C=O) groups excluding carboxylic acids is 2. The van der Waals surface area contributed by atoms with E-state index in [2.05, 4.69) is 10.3 Å². The Morgan fingerprint density at radius 3 is 2.77 bits per heavy atom. The van der Waals surface area contributed by atoms with Gasteiger partial charge in [0.15, 0.2) is 5.17 Å². The molecular formula is C15H18ClN3O2S. The summed E-state index contributed by atoms with van der Waals surface area (Å²) in [5, 5.41) is 3.50. The van der Waals surface area contributed by atoms with E-state index in [0.29, 0.717) is 29.0 Å². The van der Waals surface area contributed by atoms with Crippen LogP contribution in [0.15, 0.2) is 29.3 Å². The number of anilines is 1. The molecule has 0 saturated carbocycles. The van der Waals surface area contributed by atoms with Crippen LogP contribution in [0.5, 0.6) is 0 Å². The number of hydrogen-bond donors (Lipinski definition) is 1. The van der Waals surface area contributed by atoms with Crippen LogP contribution >= 0.6 is 23.4 Å². The largest absolute Gasteiger partial charge is 0.325 e. The van der Waals surface area contributed by atoms with Crippen molar-refractivity contribution in [2.45, 2.75) is 25.5 Å². The lowest BCUT2D eigenvalue weighted by atomic mass is 10.2. The number of aliphatic imine (C=N–C) groups is 1. The number of amides is 2. The Hall–Kier alpha value is -1.53. The first-order chi connectivity index (χ1) is 10.6. The fourth-order valence-electron chi connectivity index (χ4n) is 2.12. The molecule has 7 heteroatoms. The third-order valence-electron chi connectivity index (χ3n) is 3.15. The molecule has 1 aliphatic heterocycles. The average molecular weight is 340 g/mol. The number of rotatable bonds is 5. The Labute approximate surface area is 139 Å². The molecule has 1 aromatic rings. The predicted octanol–water partition coefficient (Wildman–Crippen LogP) is 3.01. The first-order valence-electron chi connectivity index (χ1n) is 7.13. The molecule has 1 aromatic carbocycles. The number of hydrogen-bond acceptors (Lipinski definition) is 4. The molecule has 0 radical (unpaired) electrons. The van der Waals surface area contributed by atoms with E-state index in [-0.39, 0.29) is 18.2 Å². The lowest BCUT2D eigenvalue weighted by Crippen LogP contribution is -2.33. The second kappa shape index (κ2) is 7.65. The van der Waals surface area contributed by atoms with Crippen LogP contribution in [0.1, 0.15) is 20.3 Å². The molecule has 22 heavy (non-hydrogen) atoms. The van der Waals surface area contributed by atoms with Gasteiger partial charge in [0.05, 0.1) is 10.7 Å². The molecule has 0 aliphatic carbocycles. The summed E-state index contributed by atoms with van der Waals surface area (Å²) < 4.78 is 0. The van der Waals surface area contributed by atoms with Gasteiger partial charge in [-0.05, 0) is 26.0 Å². The Morgan fingerprint density at radius 2 is 2.14 bits per heavy atom. The highest BCUT2D eigenvalue weighted by Crippen LogP contribution is 2.30. The Kier molecular flexibility index (Phi) is 5.85. The molecule has 0 aromatic heterocycles. The zero-order valence-electron chi connectivity index (χ0n) is 12.5. The van der Waals surface area contributed by atoms with Gasteiger partial charge < -0.3 is 5.32 Å². The summed E-state index contributed by atoms with van der Waals surface area (Å²) in [5.74, 6) is -0.290. The lowest BCUT2D eigenvalue weighted by Gasteiger charge is -2.13. The molecule has 5 nitrogen and oxygen atoms in total. The van der Waals surface area contributed by atoms with Crippen molar-refractivity contribution in [2.75, 3.05) is 18.4 Å². The van der Waals surface area contributed by atoms with Crippen LogP contribution in [0.4, 0.5) is 5.69 Å². The van der Waals surface area contributed by atoms with Crippen molar-refractivity contribution in [1.29, 1.82) is 0 Å². The van der Waals surface area contributed by atoms with E-state index < -0.39 is 5.25 Å². The number of halogens is 1. The van der Waals surface area contributed by atoms with Crippen molar-refractivity contribution in [2.24, 2.45) is 4.99 Å². The molecule has 1 N–H and O–H groups in total. The normalized spacial score (nSPS) is 19.8. The molecule has 0 spiro atoms. The highest BCUT2D eigenvalue weighted by Gasteiger charge is 2.38. The zero-order valence-corrected chi connectivity index (χ0v) is 14.1. The van der Waals surface area contributed by atoms with Gasteiger partial charge in [-0.1, -0.05) is 35.5 Å². The van der Waals surface area contributed by atoms with Crippen molar-refractivity contribution in [1.82, 2.24) is 4.90 Å². The van der Waals surface area contributed by atoms with Gasteiger partial charge in [-0.25, -0.2) is 0 Å². The van der Waals surface area contributed by atoms with Crippen LogP contribution in [0.2, 0.25) is 5.02 Å². The van der Waals surface area contributed by atoms with Crippen molar-refractivity contribution in [3.05, 3.63) is 29.3 Å². The van der Waals surface area contributed by atoms with Gasteiger partial charge in [-0.2, -0.15) is 0 Å². The molecular weight excluding hydrogens is 322 g/mol. The van der Waals surface area contributed by atoms with Crippen molar-refractivity contribution < 1.29 is 9.59 Å². The van der Waals surface area contributed by atoms with Crippen LogP contribution in [0.25, 0.3) is 0 Å². The smallest absolute Gasteiger partial charge is 0.242 e. The molecule has 2 amide bonds. The van der Waals surface area contributed by atoms with Crippen LogP contribution in [-0.4, -0.2) is 40.2 Å². The SMILES string of the molecule is CCN=C1SC(CC(=O)Nc2ccccc2Cl)C(=O)N1CC. The fourth-order valence-corrected chi connectivity index (χ4v) is 3.57. The van der Waals surface area contributed by atoms with Crippen molar-refractivity contribution in [3.63, 3.8) is 0 Å². The van der Waals surface area contributed by atoms with Crippen LogP contribution < -0.4 is 5.32 Å². The maximum Gasteiger partial charge on any atom is 0.242 e. The van der Waals surface area contributed by atoms with E-state index in [1.807, 2.05) is 13.8 Å². The summed E-state index contributed by atoms with van der Waals surface area (Å²) in [6, 6.07) is 7.02. The van der Waals surface area contributed by atoms with E-state index in [9.17, 15) is 9.59 Å². The van der Waals surface area contributed by atoms with Gasteiger partial charge in [-0.3, -0.25) is 19.5 Å². The maximum atomic E-state index is 12.3. The second-order valence-electron chi connectivity index (χ2n) is 4.68. The minimum absolute atomic E-state index is 0.0611. The summed E-state index contributed by atoms with van der Waals surface area (Å²) >= 11 is 7.36. The quantitative estimate of drug-likeness (QED) is 0.897. The number of amidine groups is 1. The van der Waals surface area contributed by atoms with Crippen molar-refractivity contribution >= 4 is 46.0 Å². The summed E-state index contributed by atoms with van der Waals surface area (Å²) in [6.45, 7) is 5.00. The van der Waals surface area contributed by atoms with E-state index >= 15 is 0 Å². The van der Waals surface area contributed by atoms with E-state index in [1.165, 1.54) is 11.8 Å². The first-order valence-corrected chi connectivity index (χ1v) is 8.39. The third-order valence-corrected chi connectivity index (χ3v) is 4.69. The van der Waals surface area contributed by atoms with Gasteiger partial charge in [0.2, 0.25) is 11.8 Å². The third kappa shape index (κ3) is 3.81. The summed E-state index contributed by atoms with van der Waals surface area (Å²) in [4.78, 5) is 30.4. The standard InChI is InChI=1S/C15H18ClN3O2S/c1-3-17-15-19(4-2)14(21)12(22-15)9-13(20)18-11-8-6-5-7-10(11)16/h5-8,12H,3-4,9H2,1-2H3,(H,18,20). The minimum Gasteiger partial charge on any atom is -0.325 e. The average Bonchev–Trinajstić information content (AvgIpc) is 2.77. The summed E-state index contributed by atoms with van der Waals surface area (Å²) in [7, 11) is 0. The molecule has 1 aliphatic rings. The first kappa shape index (κ1) is 16.8. The van der Waals surface area contributed by atoms with Gasteiger partial charge in [0.25, 0.3) is 0 Å². The summed E-state index contributed by atoms with van der Waals surface area (Å²) in [6.07, 6.45) is 0.105. The fraction of sp³-hybridized carbons (Fsp3) is 0.400. The molecule has 1 fully saturated rings. The molecule has 118 valence electrons. The lowest BCUT2D eigenvalue weighted by molar-refractivity contribution is -0.128. The zero-order chi connectivity index (χ0) is 16.1. The van der Waals surface area contributed by atoms with Crippen LogP contribution in [-0.2, 0) is 9.59 Å². The Morgan fingerprint density at radius 1 is 1.41 bits per heavy atom. The van der Waals surface area contributed by atoms with Crippen LogP contribution in [0, 0.1) is 0 Å². The van der Waals surface area contributed by atoms with Gasteiger partial charge in [0.1, 0.15) is 5.25 Å². The van der Waals surface area contributed by atoms with Gasteiger partial charge in [-0.15, -0.1) is 0 Å². The topological polar surface area (TPSA) is 61.8 Å². The predicted molar refractivity (Wildman–Crippen MR) is 91.4 cm³/mol. The number of para-hydroxylation sites is 1. The molecule has 2 rings (SSSR count). The Bertz CT molecular complexity index is 606. The number of carbonyl (C=O) groups is 2. The molecule has 0 bridgehead atoms. The van der Waals surface area contributed by atoms with E-state index in [1.54, 1.807) is 29.2 Å². The Balaban J connectivity index is 2.02. The van der Waals surface area contributed by atoms with E-state index in [4.69, 9.17) is 11.6 Å². The maximum absolute atomic E-state index is 12.3. The van der Waals surface area contributed by atoms with E-state index in [0.717, 1.165) is 0 Å². The molecule has 1 atom stereocenters.